The molecular weight excluding hydrogens is 368 g/mol. The zero-order chi connectivity index (χ0) is 18.6. The lowest BCUT2D eigenvalue weighted by Gasteiger charge is -2.33. The van der Waals surface area contributed by atoms with Crippen LogP contribution in [0.25, 0.3) is 11.4 Å². The number of carbonyl (C=O) groups is 1. The first-order valence-electron chi connectivity index (χ1n) is 8.47. The molecule has 0 radical (unpaired) electrons. The summed E-state index contributed by atoms with van der Waals surface area (Å²) in [6.07, 6.45) is 0. The molecule has 1 aliphatic heterocycles. The maximum atomic E-state index is 13.1. The molecular formula is C18H18N4O4S. The molecule has 140 valence electrons. The minimum atomic E-state index is -0.436. The number of benzene rings is 1. The van der Waals surface area contributed by atoms with Gasteiger partial charge < -0.3 is 18.9 Å². The van der Waals surface area contributed by atoms with E-state index >= 15 is 0 Å². The van der Waals surface area contributed by atoms with E-state index in [-0.39, 0.29) is 12.5 Å². The Morgan fingerprint density at radius 2 is 2.22 bits per heavy atom. The normalized spacial score (nSPS) is 17.2. The topological polar surface area (TPSA) is 90.6 Å². The Kier molecular flexibility index (Phi) is 5.23. The second-order valence-corrected chi connectivity index (χ2v) is 6.83. The molecule has 0 N–H and O–H groups in total. The van der Waals surface area contributed by atoms with Crippen molar-refractivity contribution in [3.05, 3.63) is 52.3 Å². The van der Waals surface area contributed by atoms with Gasteiger partial charge in [-0.3, -0.25) is 4.79 Å². The number of hydrogen-bond acceptors (Lipinski definition) is 8. The van der Waals surface area contributed by atoms with Crippen molar-refractivity contribution in [3.63, 3.8) is 0 Å². The van der Waals surface area contributed by atoms with E-state index in [0.29, 0.717) is 42.0 Å². The molecule has 9 heteroatoms. The largest absolute Gasteiger partial charge is 0.378 e. The summed E-state index contributed by atoms with van der Waals surface area (Å²) in [5, 5.41) is 4.06. The van der Waals surface area contributed by atoms with Gasteiger partial charge in [-0.1, -0.05) is 35.5 Å². The summed E-state index contributed by atoms with van der Waals surface area (Å²) in [7, 11) is 1.58. The second kappa shape index (κ2) is 7.95. The number of nitrogens with zero attached hydrogens (tertiary/aromatic N) is 4. The summed E-state index contributed by atoms with van der Waals surface area (Å²) in [6.45, 7) is 1.50. The Bertz CT molecular complexity index is 911. The van der Waals surface area contributed by atoms with Crippen molar-refractivity contribution in [1.82, 2.24) is 20.0 Å². The molecule has 0 saturated carbocycles. The standard InChI is InChI=1S/C18H18N4O4S/c1-24-9-13-15(27-11-19-13)18(23)22-7-8-25-10-14(22)17-20-16(21-26-17)12-5-3-2-4-6-12/h2-6,11,14H,7-10H2,1H3. The Morgan fingerprint density at radius 1 is 1.37 bits per heavy atom. The molecule has 1 unspecified atom stereocenters. The number of methoxy groups -OCH3 is 1. The van der Waals surface area contributed by atoms with Crippen LogP contribution in [-0.4, -0.2) is 52.8 Å². The lowest BCUT2D eigenvalue weighted by molar-refractivity contribution is -0.0118. The number of hydrogen-bond donors (Lipinski definition) is 0. The smallest absolute Gasteiger partial charge is 0.266 e. The molecule has 0 spiro atoms. The first-order chi connectivity index (χ1) is 13.3. The SMILES string of the molecule is COCc1ncsc1C(=O)N1CCOCC1c1nc(-c2ccccc2)no1. The number of aromatic nitrogens is 3. The average molecular weight is 386 g/mol. The van der Waals surface area contributed by atoms with Crippen molar-refractivity contribution >= 4 is 17.2 Å². The van der Waals surface area contributed by atoms with E-state index in [9.17, 15) is 4.79 Å². The van der Waals surface area contributed by atoms with Gasteiger partial charge in [-0.2, -0.15) is 4.98 Å². The molecule has 27 heavy (non-hydrogen) atoms. The van der Waals surface area contributed by atoms with Gasteiger partial charge in [-0.15, -0.1) is 11.3 Å². The third-order valence-corrected chi connectivity index (χ3v) is 5.12. The molecule has 4 rings (SSSR count). The number of rotatable bonds is 5. The third-order valence-electron chi connectivity index (χ3n) is 4.26. The maximum Gasteiger partial charge on any atom is 0.266 e. The molecule has 0 aliphatic carbocycles. The highest BCUT2D eigenvalue weighted by Gasteiger charge is 2.35. The quantitative estimate of drug-likeness (QED) is 0.665. The van der Waals surface area contributed by atoms with Crippen LogP contribution in [0.4, 0.5) is 0 Å². The first-order valence-corrected chi connectivity index (χ1v) is 9.35. The third kappa shape index (κ3) is 3.61. The van der Waals surface area contributed by atoms with Crippen molar-refractivity contribution in [3.8, 4) is 11.4 Å². The van der Waals surface area contributed by atoms with Gasteiger partial charge in [0.1, 0.15) is 10.9 Å². The molecule has 1 atom stereocenters. The van der Waals surface area contributed by atoms with Crippen LogP contribution < -0.4 is 0 Å². The fraction of sp³-hybridized carbons (Fsp3) is 0.333. The van der Waals surface area contributed by atoms with Crippen LogP contribution in [0.15, 0.2) is 40.4 Å². The molecule has 0 bridgehead atoms. The number of thiazole rings is 1. The second-order valence-electron chi connectivity index (χ2n) is 5.97. The van der Waals surface area contributed by atoms with Crippen molar-refractivity contribution in [2.75, 3.05) is 26.9 Å². The molecule has 8 nitrogen and oxygen atoms in total. The highest BCUT2D eigenvalue weighted by Crippen LogP contribution is 2.28. The van der Waals surface area contributed by atoms with Crippen LogP contribution in [0.1, 0.15) is 27.3 Å². The van der Waals surface area contributed by atoms with Crippen molar-refractivity contribution < 1.29 is 18.8 Å². The zero-order valence-corrected chi connectivity index (χ0v) is 15.5. The Balaban J connectivity index is 1.60. The van der Waals surface area contributed by atoms with Crippen LogP contribution in [0.3, 0.4) is 0 Å². The molecule has 3 heterocycles. The Hall–Kier alpha value is -2.62. The predicted octanol–water partition coefficient (Wildman–Crippen LogP) is 2.55. The molecule has 1 amide bonds. The molecule has 2 aromatic heterocycles. The predicted molar refractivity (Wildman–Crippen MR) is 97.2 cm³/mol. The number of morpholine rings is 1. The van der Waals surface area contributed by atoms with Crippen LogP contribution in [-0.2, 0) is 16.1 Å². The monoisotopic (exact) mass is 386 g/mol. The van der Waals surface area contributed by atoms with Gasteiger partial charge in [-0.25, -0.2) is 4.98 Å². The van der Waals surface area contributed by atoms with Crippen molar-refractivity contribution in [1.29, 1.82) is 0 Å². The average Bonchev–Trinajstić information content (AvgIpc) is 3.38. The van der Waals surface area contributed by atoms with Crippen LogP contribution in [0, 0.1) is 0 Å². The minimum absolute atomic E-state index is 0.127. The van der Waals surface area contributed by atoms with Gasteiger partial charge in [0.05, 0.1) is 31.0 Å². The summed E-state index contributed by atoms with van der Waals surface area (Å²) in [4.78, 5) is 24.1. The van der Waals surface area contributed by atoms with Gasteiger partial charge in [-0.05, 0) is 0 Å². The molecule has 1 fully saturated rings. The van der Waals surface area contributed by atoms with Gasteiger partial charge in [0.15, 0.2) is 0 Å². The van der Waals surface area contributed by atoms with Crippen molar-refractivity contribution in [2.45, 2.75) is 12.6 Å². The van der Waals surface area contributed by atoms with E-state index in [4.69, 9.17) is 14.0 Å². The number of amides is 1. The van der Waals surface area contributed by atoms with Crippen LogP contribution in [0.2, 0.25) is 0 Å². The maximum absolute atomic E-state index is 13.1. The highest BCUT2D eigenvalue weighted by molar-refractivity contribution is 7.11. The lowest BCUT2D eigenvalue weighted by atomic mass is 10.2. The Labute approximate surface area is 159 Å². The van der Waals surface area contributed by atoms with Crippen LogP contribution in [0.5, 0.6) is 0 Å². The van der Waals surface area contributed by atoms with Gasteiger partial charge in [0.2, 0.25) is 5.82 Å². The number of ether oxygens (including phenoxy) is 2. The van der Waals surface area contributed by atoms with E-state index in [1.54, 1.807) is 17.5 Å². The minimum Gasteiger partial charge on any atom is -0.378 e. The fourth-order valence-electron chi connectivity index (χ4n) is 2.94. The fourth-order valence-corrected chi connectivity index (χ4v) is 3.69. The van der Waals surface area contributed by atoms with Crippen molar-refractivity contribution in [2.24, 2.45) is 0 Å². The van der Waals surface area contributed by atoms with E-state index in [0.717, 1.165) is 5.56 Å². The van der Waals surface area contributed by atoms with Gasteiger partial charge >= 0.3 is 0 Å². The summed E-state index contributed by atoms with van der Waals surface area (Å²) in [6, 6.07) is 9.12. The summed E-state index contributed by atoms with van der Waals surface area (Å²) < 4.78 is 16.2. The molecule has 1 saturated heterocycles. The lowest BCUT2D eigenvalue weighted by Crippen LogP contribution is -2.43. The van der Waals surface area contributed by atoms with E-state index in [1.165, 1.54) is 11.3 Å². The summed E-state index contributed by atoms with van der Waals surface area (Å²) in [5.41, 5.74) is 3.14. The first kappa shape index (κ1) is 17.8. The van der Waals surface area contributed by atoms with E-state index in [2.05, 4.69) is 15.1 Å². The van der Waals surface area contributed by atoms with Crippen LogP contribution >= 0.6 is 11.3 Å². The highest BCUT2D eigenvalue weighted by atomic mass is 32.1. The van der Waals surface area contributed by atoms with Gasteiger partial charge in [0, 0.05) is 19.2 Å². The summed E-state index contributed by atoms with van der Waals surface area (Å²) in [5.74, 6) is 0.721. The Morgan fingerprint density at radius 3 is 3.04 bits per heavy atom. The molecule has 3 aromatic rings. The van der Waals surface area contributed by atoms with Gasteiger partial charge in [0.25, 0.3) is 11.8 Å². The summed E-state index contributed by atoms with van der Waals surface area (Å²) >= 11 is 1.30. The zero-order valence-electron chi connectivity index (χ0n) is 14.7. The molecule has 1 aliphatic rings. The number of carbonyl (C=O) groups excluding carboxylic acids is 1. The van der Waals surface area contributed by atoms with E-state index in [1.807, 2.05) is 30.3 Å². The van der Waals surface area contributed by atoms with E-state index < -0.39 is 6.04 Å². The molecule has 1 aromatic carbocycles.